The summed E-state index contributed by atoms with van der Waals surface area (Å²) in [6, 6.07) is 11.5. The van der Waals surface area contributed by atoms with Crippen molar-refractivity contribution in [2.75, 3.05) is 10.2 Å². The summed E-state index contributed by atoms with van der Waals surface area (Å²) in [7, 11) is 0. The van der Waals surface area contributed by atoms with Gasteiger partial charge in [-0.1, -0.05) is 12.1 Å². The number of fused-ring (bicyclic) bond motifs is 1. The van der Waals surface area contributed by atoms with Gasteiger partial charge in [-0.05, 0) is 73.7 Å². The summed E-state index contributed by atoms with van der Waals surface area (Å²) >= 11 is 0. The third-order valence-corrected chi connectivity index (χ3v) is 7.17. The Morgan fingerprint density at radius 3 is 2.18 bits per heavy atom. The number of nitrogens with zero attached hydrogens (tertiary/aromatic N) is 1. The first-order chi connectivity index (χ1) is 18.7. The van der Waals surface area contributed by atoms with E-state index in [9.17, 15) is 27.6 Å². The van der Waals surface area contributed by atoms with Crippen molar-refractivity contribution in [3.8, 4) is 0 Å². The molecule has 3 amide bonds. The number of amides is 3. The van der Waals surface area contributed by atoms with Crippen LogP contribution in [-0.4, -0.2) is 29.8 Å². The van der Waals surface area contributed by atoms with Crippen LogP contribution in [0.3, 0.4) is 0 Å². The van der Waals surface area contributed by atoms with Crippen LogP contribution in [0.4, 0.5) is 24.5 Å². The Balaban J connectivity index is 1.54. The third kappa shape index (κ3) is 5.80. The van der Waals surface area contributed by atoms with Crippen LogP contribution in [0.2, 0.25) is 0 Å². The number of halogens is 3. The first-order valence-corrected chi connectivity index (χ1v) is 12.7. The minimum absolute atomic E-state index is 0.0190. The second kappa shape index (κ2) is 10.9. The van der Waals surface area contributed by atoms with Crippen molar-refractivity contribution in [1.29, 1.82) is 0 Å². The summed E-state index contributed by atoms with van der Waals surface area (Å²) in [5, 5.41) is 5.74. The Kier molecular flexibility index (Phi) is 7.38. The van der Waals surface area contributed by atoms with Crippen molar-refractivity contribution in [3.05, 3.63) is 94.8 Å². The number of carbonyl (C=O) groups excluding carboxylic acids is 3. The van der Waals surface area contributed by atoms with Crippen molar-refractivity contribution in [1.82, 2.24) is 5.32 Å². The number of benzene rings is 3. The Labute approximate surface area is 223 Å². The lowest BCUT2D eigenvalue weighted by molar-refractivity contribution is -0.116. The maximum atomic E-state index is 14.0. The van der Waals surface area contributed by atoms with Gasteiger partial charge in [0.05, 0.1) is 23.8 Å². The SMILES string of the molecule is NC1CCC(NC(=O)c2ccc3c(c2)NC(=O)CC(c2ccc(F)cc2)N3C(=O)c2cc(F)cc(F)c2)CC1. The standard InChI is InChI=1S/C29H27F3N4O3/c30-19-4-1-16(2-5-19)26-15-27(37)35-24-13-17(28(38)34-23-8-6-22(33)7-9-23)3-10-25(24)36(26)29(39)18-11-20(31)14-21(32)12-18/h1-5,10-14,22-23,26H,6-9,15,33H2,(H,34,38)(H,35,37). The van der Waals surface area contributed by atoms with Crippen LogP contribution in [0, 0.1) is 17.5 Å². The minimum Gasteiger partial charge on any atom is -0.349 e. The van der Waals surface area contributed by atoms with Crippen molar-refractivity contribution in [2.45, 2.75) is 50.2 Å². The molecule has 1 unspecified atom stereocenters. The number of carbonyl (C=O) groups is 3. The molecule has 39 heavy (non-hydrogen) atoms. The zero-order valence-corrected chi connectivity index (χ0v) is 20.9. The van der Waals surface area contributed by atoms with Gasteiger partial charge in [0, 0.05) is 29.3 Å². The fourth-order valence-corrected chi connectivity index (χ4v) is 5.17. The molecule has 0 aromatic heterocycles. The van der Waals surface area contributed by atoms with Gasteiger partial charge in [0.25, 0.3) is 11.8 Å². The van der Waals surface area contributed by atoms with Gasteiger partial charge < -0.3 is 16.4 Å². The molecule has 4 N–H and O–H groups in total. The van der Waals surface area contributed by atoms with Crippen molar-refractivity contribution in [2.24, 2.45) is 5.73 Å². The van der Waals surface area contributed by atoms with Crippen LogP contribution in [-0.2, 0) is 4.79 Å². The maximum Gasteiger partial charge on any atom is 0.259 e. The molecule has 1 heterocycles. The monoisotopic (exact) mass is 536 g/mol. The van der Waals surface area contributed by atoms with E-state index in [0.717, 1.165) is 37.8 Å². The Bertz CT molecular complexity index is 1400. The molecule has 1 aliphatic carbocycles. The molecule has 0 bridgehead atoms. The van der Waals surface area contributed by atoms with Gasteiger partial charge in [-0.3, -0.25) is 19.3 Å². The van der Waals surface area contributed by atoms with Crippen molar-refractivity contribution < 1.29 is 27.6 Å². The molecular weight excluding hydrogens is 509 g/mol. The number of nitrogens with one attached hydrogen (secondary N) is 2. The van der Waals surface area contributed by atoms with Crippen LogP contribution in [0.15, 0.2) is 60.7 Å². The van der Waals surface area contributed by atoms with E-state index >= 15 is 0 Å². The molecule has 202 valence electrons. The zero-order valence-electron chi connectivity index (χ0n) is 20.9. The average molecular weight is 537 g/mol. The first-order valence-electron chi connectivity index (χ1n) is 12.7. The Morgan fingerprint density at radius 1 is 0.846 bits per heavy atom. The fraction of sp³-hybridized carbons (Fsp3) is 0.276. The molecule has 1 fully saturated rings. The van der Waals surface area contributed by atoms with E-state index in [2.05, 4.69) is 10.6 Å². The number of anilines is 2. The van der Waals surface area contributed by atoms with Gasteiger partial charge in [-0.15, -0.1) is 0 Å². The van der Waals surface area contributed by atoms with Gasteiger partial charge in [-0.2, -0.15) is 0 Å². The molecular formula is C29H27F3N4O3. The quantitative estimate of drug-likeness (QED) is 0.444. The molecule has 2 aliphatic rings. The average Bonchev–Trinajstić information content (AvgIpc) is 3.04. The second-order valence-corrected chi connectivity index (χ2v) is 9.97. The lowest BCUT2D eigenvalue weighted by Gasteiger charge is -2.31. The first kappa shape index (κ1) is 26.4. The van der Waals surface area contributed by atoms with Gasteiger partial charge in [0.1, 0.15) is 17.5 Å². The van der Waals surface area contributed by atoms with Crippen molar-refractivity contribution in [3.63, 3.8) is 0 Å². The van der Waals surface area contributed by atoms with Crippen LogP contribution < -0.4 is 21.3 Å². The summed E-state index contributed by atoms with van der Waals surface area (Å²) in [6.07, 6.45) is 2.94. The summed E-state index contributed by atoms with van der Waals surface area (Å²) in [6.45, 7) is 0. The largest absolute Gasteiger partial charge is 0.349 e. The number of hydrogen-bond acceptors (Lipinski definition) is 4. The number of nitrogens with two attached hydrogens (primary N) is 1. The molecule has 10 heteroatoms. The van der Waals surface area contributed by atoms with E-state index in [1.807, 2.05) is 0 Å². The highest BCUT2D eigenvalue weighted by Gasteiger charge is 2.35. The lowest BCUT2D eigenvalue weighted by Crippen LogP contribution is -2.40. The molecule has 1 atom stereocenters. The molecule has 5 rings (SSSR count). The smallest absolute Gasteiger partial charge is 0.259 e. The topological polar surface area (TPSA) is 105 Å². The predicted molar refractivity (Wildman–Crippen MR) is 140 cm³/mol. The molecule has 1 saturated carbocycles. The van der Waals surface area contributed by atoms with Crippen molar-refractivity contribution >= 4 is 29.1 Å². The summed E-state index contributed by atoms with van der Waals surface area (Å²) < 4.78 is 41.8. The lowest BCUT2D eigenvalue weighted by atomic mass is 9.91. The number of rotatable bonds is 4. The van der Waals surface area contributed by atoms with Gasteiger partial charge in [0.2, 0.25) is 5.91 Å². The highest BCUT2D eigenvalue weighted by molar-refractivity contribution is 6.12. The van der Waals surface area contributed by atoms with Gasteiger partial charge in [0.15, 0.2) is 0 Å². The van der Waals surface area contributed by atoms with Gasteiger partial charge in [-0.25, -0.2) is 13.2 Å². The minimum atomic E-state index is -0.934. The molecule has 0 spiro atoms. The summed E-state index contributed by atoms with van der Waals surface area (Å²) in [4.78, 5) is 41.0. The van der Waals surface area contributed by atoms with Crippen LogP contribution in [0.5, 0.6) is 0 Å². The Morgan fingerprint density at radius 2 is 1.51 bits per heavy atom. The second-order valence-electron chi connectivity index (χ2n) is 9.97. The van der Waals surface area contributed by atoms with Crippen LogP contribution >= 0.6 is 0 Å². The number of hydrogen-bond donors (Lipinski definition) is 3. The predicted octanol–water partition coefficient (Wildman–Crippen LogP) is 4.83. The summed E-state index contributed by atoms with van der Waals surface area (Å²) in [5.41, 5.74) is 6.82. The van der Waals surface area contributed by atoms with Gasteiger partial charge >= 0.3 is 0 Å². The molecule has 0 radical (unpaired) electrons. The fourth-order valence-electron chi connectivity index (χ4n) is 5.17. The molecule has 7 nitrogen and oxygen atoms in total. The maximum absolute atomic E-state index is 14.0. The molecule has 3 aromatic rings. The molecule has 0 saturated heterocycles. The van der Waals surface area contributed by atoms with E-state index < -0.39 is 35.3 Å². The van der Waals surface area contributed by atoms with Crippen LogP contribution in [0.25, 0.3) is 0 Å². The van der Waals surface area contributed by atoms with E-state index in [0.29, 0.717) is 11.6 Å². The highest BCUT2D eigenvalue weighted by Crippen LogP contribution is 2.40. The highest BCUT2D eigenvalue weighted by atomic mass is 19.1. The van der Waals surface area contributed by atoms with Crippen LogP contribution in [0.1, 0.15) is 64.4 Å². The van der Waals surface area contributed by atoms with E-state index in [4.69, 9.17) is 5.73 Å². The molecule has 1 aliphatic heterocycles. The zero-order chi connectivity index (χ0) is 27.7. The third-order valence-electron chi connectivity index (χ3n) is 7.17. The Hall–Kier alpha value is -4.18. The van der Waals surface area contributed by atoms with E-state index in [1.54, 1.807) is 0 Å². The molecule has 3 aromatic carbocycles. The van der Waals surface area contributed by atoms with E-state index in [-0.39, 0.29) is 46.9 Å². The normalized spacial score (nSPS) is 21.0. The van der Waals surface area contributed by atoms with E-state index in [1.165, 1.54) is 47.4 Å². The summed E-state index contributed by atoms with van der Waals surface area (Å²) in [5.74, 6) is -3.93.